The van der Waals surface area contributed by atoms with E-state index in [1.807, 2.05) is 12.1 Å². The molecule has 1 aliphatic rings. The molecular weight excluding hydrogens is 258 g/mol. The van der Waals surface area contributed by atoms with Gasteiger partial charge in [0.05, 0.1) is 4.90 Å². The number of anilines is 1. The second-order valence-electron chi connectivity index (χ2n) is 5.50. The van der Waals surface area contributed by atoms with Crippen LogP contribution in [0.1, 0.15) is 39.0 Å². The molecular formula is C15H23NO2S. The van der Waals surface area contributed by atoms with E-state index in [9.17, 15) is 8.42 Å². The first-order valence-electron chi connectivity index (χ1n) is 7.07. The highest BCUT2D eigenvalue weighted by molar-refractivity contribution is 7.90. The van der Waals surface area contributed by atoms with E-state index in [1.54, 1.807) is 12.1 Å². The monoisotopic (exact) mass is 281 g/mol. The lowest BCUT2D eigenvalue weighted by molar-refractivity contribution is 0.317. The lowest BCUT2D eigenvalue weighted by Crippen LogP contribution is -2.31. The third-order valence-electron chi connectivity index (χ3n) is 4.07. The SMILES string of the molecule is CCC1CCCCC1Nc1ccc(S(C)(=O)=O)cc1. The van der Waals surface area contributed by atoms with E-state index in [4.69, 9.17) is 0 Å². The summed E-state index contributed by atoms with van der Waals surface area (Å²) in [5.41, 5.74) is 1.03. The van der Waals surface area contributed by atoms with E-state index < -0.39 is 9.84 Å². The largest absolute Gasteiger partial charge is 0.382 e. The molecule has 0 aliphatic heterocycles. The Kier molecular flexibility index (Phi) is 4.50. The smallest absolute Gasteiger partial charge is 0.175 e. The Labute approximate surface area is 116 Å². The number of rotatable bonds is 4. The van der Waals surface area contributed by atoms with Gasteiger partial charge in [-0.25, -0.2) is 8.42 Å². The van der Waals surface area contributed by atoms with E-state index in [1.165, 1.54) is 38.4 Å². The predicted octanol–water partition coefficient (Wildman–Crippen LogP) is 3.47. The fourth-order valence-corrected chi connectivity index (χ4v) is 3.53. The van der Waals surface area contributed by atoms with Crippen LogP contribution in [0.3, 0.4) is 0 Å². The van der Waals surface area contributed by atoms with Crippen molar-refractivity contribution in [3.05, 3.63) is 24.3 Å². The molecule has 1 aromatic rings. The average molecular weight is 281 g/mol. The van der Waals surface area contributed by atoms with Crippen LogP contribution in [0.25, 0.3) is 0 Å². The number of hydrogen-bond donors (Lipinski definition) is 1. The number of hydrogen-bond acceptors (Lipinski definition) is 3. The summed E-state index contributed by atoms with van der Waals surface area (Å²) < 4.78 is 22.8. The summed E-state index contributed by atoms with van der Waals surface area (Å²) in [5.74, 6) is 0.739. The fourth-order valence-electron chi connectivity index (χ4n) is 2.90. The molecule has 1 N–H and O–H groups in total. The maximum absolute atomic E-state index is 11.4. The van der Waals surface area contributed by atoms with Crippen molar-refractivity contribution in [1.82, 2.24) is 0 Å². The molecule has 106 valence electrons. The summed E-state index contributed by atoms with van der Waals surface area (Å²) in [4.78, 5) is 0.383. The molecule has 0 amide bonds. The second kappa shape index (κ2) is 5.95. The van der Waals surface area contributed by atoms with Crippen LogP contribution in [0.15, 0.2) is 29.2 Å². The highest BCUT2D eigenvalue weighted by atomic mass is 32.2. The van der Waals surface area contributed by atoms with E-state index in [2.05, 4.69) is 12.2 Å². The molecule has 2 rings (SSSR count). The van der Waals surface area contributed by atoms with Crippen LogP contribution in [0, 0.1) is 5.92 Å². The van der Waals surface area contributed by atoms with Gasteiger partial charge in [-0.05, 0) is 43.0 Å². The van der Waals surface area contributed by atoms with Crippen LogP contribution in [0.2, 0.25) is 0 Å². The molecule has 0 aromatic heterocycles. The first-order chi connectivity index (χ1) is 9.00. The summed E-state index contributed by atoms with van der Waals surface area (Å²) in [7, 11) is -3.10. The zero-order valence-electron chi connectivity index (χ0n) is 11.7. The molecule has 2 unspecified atom stereocenters. The molecule has 0 bridgehead atoms. The maximum Gasteiger partial charge on any atom is 0.175 e. The van der Waals surface area contributed by atoms with Gasteiger partial charge in [-0.1, -0.05) is 26.2 Å². The summed E-state index contributed by atoms with van der Waals surface area (Å²) >= 11 is 0. The molecule has 0 spiro atoms. The van der Waals surface area contributed by atoms with Crippen molar-refractivity contribution in [2.24, 2.45) is 5.92 Å². The van der Waals surface area contributed by atoms with Gasteiger partial charge < -0.3 is 5.32 Å². The average Bonchev–Trinajstić information content (AvgIpc) is 2.39. The van der Waals surface area contributed by atoms with E-state index in [0.29, 0.717) is 10.9 Å². The van der Waals surface area contributed by atoms with E-state index >= 15 is 0 Å². The van der Waals surface area contributed by atoms with Gasteiger partial charge in [0, 0.05) is 18.0 Å². The van der Waals surface area contributed by atoms with Gasteiger partial charge in [0.25, 0.3) is 0 Å². The quantitative estimate of drug-likeness (QED) is 0.919. The van der Waals surface area contributed by atoms with E-state index in [0.717, 1.165) is 11.6 Å². The van der Waals surface area contributed by atoms with Crippen molar-refractivity contribution in [3.63, 3.8) is 0 Å². The highest BCUT2D eigenvalue weighted by Crippen LogP contribution is 2.29. The molecule has 1 aromatic carbocycles. The third-order valence-corrected chi connectivity index (χ3v) is 5.20. The normalized spacial score (nSPS) is 24.1. The van der Waals surface area contributed by atoms with Crippen molar-refractivity contribution in [2.45, 2.75) is 50.0 Å². The molecule has 0 heterocycles. The van der Waals surface area contributed by atoms with Crippen molar-refractivity contribution in [1.29, 1.82) is 0 Å². The van der Waals surface area contributed by atoms with Gasteiger partial charge in [0.1, 0.15) is 0 Å². The Hall–Kier alpha value is -1.03. The Morgan fingerprint density at radius 1 is 1.16 bits per heavy atom. The van der Waals surface area contributed by atoms with Crippen molar-refractivity contribution in [3.8, 4) is 0 Å². The van der Waals surface area contributed by atoms with Crippen LogP contribution >= 0.6 is 0 Å². The van der Waals surface area contributed by atoms with Crippen LogP contribution < -0.4 is 5.32 Å². The lowest BCUT2D eigenvalue weighted by atomic mass is 9.83. The van der Waals surface area contributed by atoms with Gasteiger partial charge in [0.2, 0.25) is 0 Å². The van der Waals surface area contributed by atoms with Gasteiger partial charge in [-0.2, -0.15) is 0 Å². The minimum absolute atomic E-state index is 0.383. The first-order valence-corrected chi connectivity index (χ1v) is 8.96. The van der Waals surface area contributed by atoms with Crippen LogP contribution in [0.5, 0.6) is 0 Å². The molecule has 4 heteroatoms. The number of nitrogens with one attached hydrogen (secondary N) is 1. The Bertz CT molecular complexity index is 507. The zero-order valence-corrected chi connectivity index (χ0v) is 12.5. The third kappa shape index (κ3) is 3.72. The Morgan fingerprint density at radius 2 is 1.79 bits per heavy atom. The number of sulfone groups is 1. The minimum atomic E-state index is -3.10. The van der Waals surface area contributed by atoms with Crippen molar-refractivity contribution in [2.75, 3.05) is 11.6 Å². The van der Waals surface area contributed by atoms with E-state index in [-0.39, 0.29) is 0 Å². The molecule has 0 radical (unpaired) electrons. The summed E-state index contributed by atoms with van der Waals surface area (Å²) in [5, 5.41) is 3.57. The molecule has 2 atom stereocenters. The zero-order chi connectivity index (χ0) is 13.9. The van der Waals surface area contributed by atoms with Gasteiger partial charge >= 0.3 is 0 Å². The molecule has 1 fully saturated rings. The Balaban J connectivity index is 2.06. The molecule has 0 saturated heterocycles. The second-order valence-corrected chi connectivity index (χ2v) is 7.52. The highest BCUT2D eigenvalue weighted by Gasteiger charge is 2.23. The van der Waals surface area contributed by atoms with Crippen molar-refractivity contribution >= 4 is 15.5 Å². The lowest BCUT2D eigenvalue weighted by Gasteiger charge is -2.32. The molecule has 1 saturated carbocycles. The Morgan fingerprint density at radius 3 is 2.37 bits per heavy atom. The van der Waals surface area contributed by atoms with Crippen LogP contribution in [0.4, 0.5) is 5.69 Å². The van der Waals surface area contributed by atoms with Gasteiger partial charge in [-0.3, -0.25) is 0 Å². The van der Waals surface area contributed by atoms with Crippen LogP contribution in [-0.4, -0.2) is 20.7 Å². The first kappa shape index (κ1) is 14.4. The molecule has 3 nitrogen and oxygen atoms in total. The van der Waals surface area contributed by atoms with Crippen LogP contribution in [-0.2, 0) is 9.84 Å². The standard InChI is InChI=1S/C15H23NO2S/c1-3-12-6-4-5-7-15(12)16-13-8-10-14(11-9-13)19(2,17)18/h8-12,15-16H,3-7H2,1-2H3. The molecule has 1 aliphatic carbocycles. The molecule has 19 heavy (non-hydrogen) atoms. The maximum atomic E-state index is 11.4. The minimum Gasteiger partial charge on any atom is -0.382 e. The summed E-state index contributed by atoms with van der Waals surface area (Å²) in [6.45, 7) is 2.25. The van der Waals surface area contributed by atoms with Gasteiger partial charge in [0.15, 0.2) is 9.84 Å². The topological polar surface area (TPSA) is 46.2 Å². The number of benzene rings is 1. The summed E-state index contributed by atoms with van der Waals surface area (Å²) in [6, 6.07) is 7.64. The predicted molar refractivity (Wildman–Crippen MR) is 79.2 cm³/mol. The summed E-state index contributed by atoms with van der Waals surface area (Å²) in [6.07, 6.45) is 7.59. The van der Waals surface area contributed by atoms with Crippen molar-refractivity contribution < 1.29 is 8.42 Å². The fraction of sp³-hybridized carbons (Fsp3) is 0.600. The van der Waals surface area contributed by atoms with Gasteiger partial charge in [-0.15, -0.1) is 0 Å².